The fourth-order valence-electron chi connectivity index (χ4n) is 3.61. The van der Waals surface area contributed by atoms with Crippen LogP contribution in [0, 0.1) is 17.6 Å². The molecule has 106 valence electrons. The quantitative estimate of drug-likeness (QED) is 0.742. The lowest BCUT2D eigenvalue weighted by atomic mass is 9.77. The van der Waals surface area contributed by atoms with Crippen molar-refractivity contribution in [2.75, 3.05) is 5.32 Å². The van der Waals surface area contributed by atoms with Crippen LogP contribution in [0.3, 0.4) is 0 Å². The van der Waals surface area contributed by atoms with Crippen LogP contribution < -0.4 is 5.32 Å². The third kappa shape index (κ3) is 1.96. The molecule has 0 amide bonds. The van der Waals surface area contributed by atoms with Gasteiger partial charge in [0, 0.05) is 5.92 Å². The summed E-state index contributed by atoms with van der Waals surface area (Å²) >= 11 is 0. The minimum Gasteiger partial charge on any atom is -0.375 e. The first-order chi connectivity index (χ1) is 10.2. The lowest BCUT2D eigenvalue weighted by molar-refractivity contribution is 0.419. The van der Waals surface area contributed by atoms with E-state index >= 15 is 0 Å². The van der Waals surface area contributed by atoms with Crippen LogP contribution in [0.2, 0.25) is 0 Å². The van der Waals surface area contributed by atoms with Crippen molar-refractivity contribution in [1.82, 2.24) is 0 Å². The lowest BCUT2D eigenvalue weighted by Crippen LogP contribution is -2.29. The maximum atomic E-state index is 14.1. The molecule has 0 fully saturated rings. The van der Waals surface area contributed by atoms with Crippen molar-refractivity contribution in [2.45, 2.75) is 18.4 Å². The number of anilines is 1. The first-order valence-corrected chi connectivity index (χ1v) is 7.21. The SMILES string of the molecule is Fc1cccc([C@@H]2Nc3c(F)cccc3[C@H]3C=CC[C@@H]32)c1. The average Bonchev–Trinajstić information content (AvgIpc) is 2.96. The van der Waals surface area contributed by atoms with Crippen molar-refractivity contribution in [3.63, 3.8) is 0 Å². The van der Waals surface area contributed by atoms with E-state index in [0.29, 0.717) is 11.6 Å². The third-order valence-electron chi connectivity index (χ3n) is 4.55. The minimum absolute atomic E-state index is 0.0647. The highest BCUT2D eigenvalue weighted by Gasteiger charge is 2.38. The molecule has 0 spiro atoms. The highest BCUT2D eigenvalue weighted by molar-refractivity contribution is 5.60. The standard InChI is InChI=1S/C18H15F2N/c19-12-5-1-4-11(10-12)17-14-7-2-6-13(14)15-8-3-9-16(20)18(15)21-17/h1-6,8-10,13-14,17,21H,7H2/t13-,14-,17-/m0/s1. The molecule has 0 aromatic heterocycles. The number of halogens is 2. The zero-order chi connectivity index (χ0) is 14.4. The molecule has 0 unspecified atom stereocenters. The second-order valence-electron chi connectivity index (χ2n) is 5.73. The van der Waals surface area contributed by atoms with Gasteiger partial charge in [-0.25, -0.2) is 8.78 Å². The summed E-state index contributed by atoms with van der Waals surface area (Å²) in [5, 5.41) is 3.30. The number of rotatable bonds is 1. The van der Waals surface area contributed by atoms with E-state index in [1.807, 2.05) is 12.1 Å². The van der Waals surface area contributed by atoms with Crippen LogP contribution >= 0.6 is 0 Å². The highest BCUT2D eigenvalue weighted by Crippen LogP contribution is 2.50. The molecule has 0 bridgehead atoms. The van der Waals surface area contributed by atoms with Gasteiger partial charge in [-0.2, -0.15) is 0 Å². The molecule has 3 heteroatoms. The first kappa shape index (κ1) is 12.6. The van der Waals surface area contributed by atoms with Crippen LogP contribution in [-0.2, 0) is 0 Å². The molecule has 3 atom stereocenters. The Morgan fingerprint density at radius 2 is 1.90 bits per heavy atom. The molecule has 2 aliphatic rings. The van der Waals surface area contributed by atoms with E-state index in [4.69, 9.17) is 0 Å². The Balaban J connectivity index is 1.83. The van der Waals surface area contributed by atoms with E-state index in [-0.39, 0.29) is 23.6 Å². The summed E-state index contributed by atoms with van der Waals surface area (Å²) in [6.07, 6.45) is 5.22. The average molecular weight is 283 g/mol. The molecule has 1 heterocycles. The van der Waals surface area contributed by atoms with Gasteiger partial charge < -0.3 is 5.32 Å². The van der Waals surface area contributed by atoms with Gasteiger partial charge in [0.1, 0.15) is 11.6 Å². The zero-order valence-electron chi connectivity index (χ0n) is 11.4. The van der Waals surface area contributed by atoms with Crippen LogP contribution in [0.25, 0.3) is 0 Å². The van der Waals surface area contributed by atoms with Crippen LogP contribution in [0.15, 0.2) is 54.6 Å². The summed E-state index contributed by atoms with van der Waals surface area (Å²) in [6, 6.07) is 11.7. The van der Waals surface area contributed by atoms with Gasteiger partial charge in [0.2, 0.25) is 0 Å². The molecule has 0 saturated heterocycles. The van der Waals surface area contributed by atoms with E-state index in [1.165, 1.54) is 12.1 Å². The normalized spacial score (nSPS) is 26.1. The number of hydrogen-bond donors (Lipinski definition) is 1. The third-order valence-corrected chi connectivity index (χ3v) is 4.55. The number of benzene rings is 2. The van der Waals surface area contributed by atoms with E-state index < -0.39 is 0 Å². The fraction of sp³-hybridized carbons (Fsp3) is 0.222. The van der Waals surface area contributed by atoms with Crippen LogP contribution in [0.4, 0.5) is 14.5 Å². The Morgan fingerprint density at radius 3 is 2.76 bits per heavy atom. The maximum absolute atomic E-state index is 14.1. The molecule has 1 N–H and O–H groups in total. The van der Waals surface area contributed by atoms with Crippen LogP contribution in [0.5, 0.6) is 0 Å². The highest BCUT2D eigenvalue weighted by atomic mass is 19.1. The Morgan fingerprint density at radius 1 is 1.05 bits per heavy atom. The van der Waals surface area contributed by atoms with E-state index in [0.717, 1.165) is 17.5 Å². The predicted molar refractivity (Wildman–Crippen MR) is 79.2 cm³/mol. The van der Waals surface area contributed by atoms with Gasteiger partial charge in [0.25, 0.3) is 0 Å². The number of para-hydroxylation sites is 1. The van der Waals surface area contributed by atoms with Gasteiger partial charge >= 0.3 is 0 Å². The molecule has 0 saturated carbocycles. The topological polar surface area (TPSA) is 12.0 Å². The second kappa shape index (κ2) is 4.69. The van der Waals surface area contributed by atoms with Gasteiger partial charge in [-0.3, -0.25) is 0 Å². The van der Waals surface area contributed by atoms with Crippen molar-refractivity contribution in [3.8, 4) is 0 Å². The van der Waals surface area contributed by atoms with Gasteiger partial charge in [-0.15, -0.1) is 0 Å². The predicted octanol–water partition coefficient (Wildman–Crippen LogP) is 4.79. The summed E-state index contributed by atoms with van der Waals surface area (Å²) in [4.78, 5) is 0. The molecular formula is C18H15F2N. The molecule has 21 heavy (non-hydrogen) atoms. The Hall–Kier alpha value is -2.16. The van der Waals surface area contributed by atoms with Crippen LogP contribution in [-0.4, -0.2) is 0 Å². The van der Waals surface area contributed by atoms with Crippen molar-refractivity contribution in [1.29, 1.82) is 0 Å². The molecular weight excluding hydrogens is 268 g/mol. The largest absolute Gasteiger partial charge is 0.375 e. The van der Waals surface area contributed by atoms with Gasteiger partial charge in [0.05, 0.1) is 11.7 Å². The van der Waals surface area contributed by atoms with Gasteiger partial charge in [-0.05, 0) is 41.7 Å². The number of nitrogens with one attached hydrogen (secondary N) is 1. The Bertz CT molecular complexity index is 723. The van der Waals surface area contributed by atoms with Gasteiger partial charge in [0.15, 0.2) is 0 Å². The molecule has 2 aromatic rings. The smallest absolute Gasteiger partial charge is 0.146 e. The summed E-state index contributed by atoms with van der Waals surface area (Å²) in [7, 11) is 0. The summed E-state index contributed by atoms with van der Waals surface area (Å²) < 4.78 is 27.7. The number of hydrogen-bond acceptors (Lipinski definition) is 1. The van der Waals surface area contributed by atoms with E-state index in [2.05, 4.69) is 17.5 Å². The van der Waals surface area contributed by atoms with Crippen molar-refractivity contribution in [2.24, 2.45) is 5.92 Å². The molecule has 2 aromatic carbocycles. The monoisotopic (exact) mass is 283 g/mol. The number of fused-ring (bicyclic) bond motifs is 3. The van der Waals surface area contributed by atoms with E-state index in [9.17, 15) is 8.78 Å². The summed E-state index contributed by atoms with van der Waals surface area (Å²) in [5.41, 5.74) is 2.43. The van der Waals surface area contributed by atoms with E-state index in [1.54, 1.807) is 18.2 Å². The molecule has 0 radical (unpaired) electrons. The summed E-state index contributed by atoms with van der Waals surface area (Å²) in [6.45, 7) is 0. The molecule has 4 rings (SSSR count). The lowest BCUT2D eigenvalue weighted by Gasteiger charge is -2.37. The van der Waals surface area contributed by atoms with Crippen molar-refractivity contribution in [3.05, 3.63) is 77.4 Å². The fourth-order valence-corrected chi connectivity index (χ4v) is 3.61. The Kier molecular flexibility index (Phi) is 2.81. The Labute approximate surface area is 122 Å². The van der Waals surface area contributed by atoms with Crippen molar-refractivity contribution < 1.29 is 8.78 Å². The summed E-state index contributed by atoms with van der Waals surface area (Å²) in [5.74, 6) is 0.00936. The molecule has 1 aliphatic carbocycles. The second-order valence-corrected chi connectivity index (χ2v) is 5.73. The zero-order valence-corrected chi connectivity index (χ0v) is 11.4. The van der Waals surface area contributed by atoms with Gasteiger partial charge in [-0.1, -0.05) is 36.4 Å². The van der Waals surface area contributed by atoms with Crippen molar-refractivity contribution >= 4 is 5.69 Å². The van der Waals surface area contributed by atoms with Crippen LogP contribution in [0.1, 0.15) is 29.5 Å². The number of allylic oxidation sites excluding steroid dienone is 2. The molecule has 1 nitrogen and oxygen atoms in total. The maximum Gasteiger partial charge on any atom is 0.146 e. The molecule has 1 aliphatic heterocycles. The minimum atomic E-state index is -0.254. The first-order valence-electron chi connectivity index (χ1n) is 7.21.